The number of hydrogen-bond donors (Lipinski definition) is 0. The van der Waals surface area contributed by atoms with E-state index in [0.717, 1.165) is 17.7 Å². The summed E-state index contributed by atoms with van der Waals surface area (Å²) in [5.74, 6) is -0.663. The summed E-state index contributed by atoms with van der Waals surface area (Å²) >= 11 is -2.37. The summed E-state index contributed by atoms with van der Waals surface area (Å²) in [5, 5.41) is 0. The second-order valence-corrected chi connectivity index (χ2v) is 8.43. The zero-order chi connectivity index (χ0) is 15.7. The molecule has 6 heteroatoms. The molecule has 2 aromatic rings. The van der Waals surface area contributed by atoms with Gasteiger partial charge in [-0.1, -0.05) is 0 Å². The fourth-order valence-corrected chi connectivity index (χ4v) is 5.63. The third kappa shape index (κ3) is 3.01. The van der Waals surface area contributed by atoms with Gasteiger partial charge < -0.3 is 0 Å². The van der Waals surface area contributed by atoms with E-state index >= 15 is 0 Å². The maximum atomic E-state index is 12.7. The molecule has 0 aromatic heterocycles. The van der Waals surface area contributed by atoms with Crippen molar-refractivity contribution in [1.82, 2.24) is 0 Å². The van der Waals surface area contributed by atoms with Gasteiger partial charge in [0.1, 0.15) is 0 Å². The van der Waals surface area contributed by atoms with Crippen LogP contribution in [0.25, 0.3) is 6.08 Å². The summed E-state index contributed by atoms with van der Waals surface area (Å²) in [5.41, 5.74) is 0.168. The molecule has 0 amide bonds. The Morgan fingerprint density at radius 3 is 2.45 bits per heavy atom. The molecule has 2 aromatic carbocycles. The first-order valence-electron chi connectivity index (χ1n) is 6.31. The Bertz CT molecular complexity index is 739. The monoisotopic (exact) mass is 418 g/mol. The van der Waals surface area contributed by atoms with Crippen LogP contribution in [0.1, 0.15) is 21.5 Å². The molecule has 0 saturated heterocycles. The standard InChI is InChI=1S/C16H10F3IO2/c17-16(18,19)12-6-7-14-13(10-12)15(21)22-20(14)9-8-11-4-2-1-3-5-11/h1-10H/b9-8+. The zero-order valence-corrected chi connectivity index (χ0v) is 13.3. The zero-order valence-electron chi connectivity index (χ0n) is 11.1. The Balaban J connectivity index is 1.90. The van der Waals surface area contributed by atoms with Crippen molar-refractivity contribution in [2.45, 2.75) is 6.18 Å². The summed E-state index contributed by atoms with van der Waals surface area (Å²) in [6.07, 6.45) is -2.62. The first-order valence-corrected chi connectivity index (χ1v) is 9.51. The predicted octanol–water partition coefficient (Wildman–Crippen LogP) is 5.14. The van der Waals surface area contributed by atoms with Gasteiger partial charge in [0.15, 0.2) is 0 Å². The summed E-state index contributed by atoms with van der Waals surface area (Å²) in [6, 6.07) is 12.7. The van der Waals surface area contributed by atoms with Crippen LogP contribution in [0.4, 0.5) is 13.2 Å². The van der Waals surface area contributed by atoms with Crippen molar-refractivity contribution in [1.29, 1.82) is 0 Å². The Kier molecular flexibility index (Phi) is 3.94. The molecule has 3 rings (SSSR count). The van der Waals surface area contributed by atoms with Gasteiger partial charge in [-0.25, -0.2) is 0 Å². The van der Waals surface area contributed by atoms with Gasteiger partial charge in [0.2, 0.25) is 0 Å². The molecule has 0 fully saturated rings. The number of carbonyl (C=O) groups is 1. The number of alkyl halides is 3. The molecular weight excluding hydrogens is 408 g/mol. The van der Waals surface area contributed by atoms with E-state index in [1.54, 1.807) is 0 Å². The summed E-state index contributed by atoms with van der Waals surface area (Å²) < 4.78 is 45.8. The number of carbonyl (C=O) groups excluding carboxylic acids is 1. The molecule has 1 aliphatic heterocycles. The van der Waals surface area contributed by atoms with Crippen molar-refractivity contribution in [3.8, 4) is 0 Å². The van der Waals surface area contributed by atoms with Gasteiger partial charge in [0, 0.05) is 0 Å². The van der Waals surface area contributed by atoms with Crippen molar-refractivity contribution in [3.05, 3.63) is 72.9 Å². The van der Waals surface area contributed by atoms with Crippen molar-refractivity contribution in [2.24, 2.45) is 0 Å². The van der Waals surface area contributed by atoms with E-state index in [9.17, 15) is 18.0 Å². The molecule has 0 radical (unpaired) electrons. The number of benzene rings is 2. The number of rotatable bonds is 2. The molecule has 0 spiro atoms. The Hall–Kier alpha value is -1.83. The number of halogens is 4. The van der Waals surface area contributed by atoms with E-state index < -0.39 is 37.9 Å². The average molecular weight is 418 g/mol. The van der Waals surface area contributed by atoms with Gasteiger partial charge in [-0.2, -0.15) is 0 Å². The fourth-order valence-electron chi connectivity index (χ4n) is 1.97. The molecule has 0 unspecified atom stereocenters. The van der Waals surface area contributed by atoms with Crippen LogP contribution in [-0.2, 0) is 9.24 Å². The van der Waals surface area contributed by atoms with Gasteiger partial charge in [-0.15, -0.1) is 0 Å². The topological polar surface area (TPSA) is 26.3 Å². The predicted molar refractivity (Wildman–Crippen MR) is 85.1 cm³/mol. The molecule has 114 valence electrons. The molecule has 0 aliphatic carbocycles. The quantitative estimate of drug-likeness (QED) is 0.632. The molecule has 1 aliphatic rings. The normalized spacial score (nSPS) is 16.0. The molecule has 1 heterocycles. The van der Waals surface area contributed by atoms with Crippen molar-refractivity contribution in [3.63, 3.8) is 0 Å². The van der Waals surface area contributed by atoms with E-state index in [4.69, 9.17) is 3.07 Å². The Morgan fingerprint density at radius 2 is 1.77 bits per heavy atom. The van der Waals surface area contributed by atoms with Gasteiger partial charge in [-0.3, -0.25) is 0 Å². The van der Waals surface area contributed by atoms with Crippen molar-refractivity contribution >= 4 is 32.3 Å². The van der Waals surface area contributed by atoms with Crippen LogP contribution in [0, 0.1) is 3.57 Å². The van der Waals surface area contributed by atoms with E-state index in [0.29, 0.717) is 3.57 Å². The molecule has 2 nitrogen and oxygen atoms in total. The first-order chi connectivity index (χ1) is 10.4. The molecule has 0 atom stereocenters. The van der Waals surface area contributed by atoms with Crippen LogP contribution in [0.15, 0.2) is 52.6 Å². The van der Waals surface area contributed by atoms with Crippen LogP contribution in [-0.4, -0.2) is 5.97 Å². The fraction of sp³-hybridized carbons (Fsp3) is 0.0625. The number of fused-ring (bicyclic) bond motifs is 1. The Labute approximate surface area is 132 Å². The summed E-state index contributed by atoms with van der Waals surface area (Å²) in [7, 11) is 0. The van der Waals surface area contributed by atoms with E-state index in [2.05, 4.69) is 0 Å². The van der Waals surface area contributed by atoms with E-state index in [1.165, 1.54) is 6.07 Å². The third-order valence-corrected chi connectivity index (χ3v) is 7.01. The van der Waals surface area contributed by atoms with Crippen LogP contribution >= 0.6 is 20.2 Å². The minimum absolute atomic E-state index is 0.0396. The van der Waals surface area contributed by atoms with E-state index in [-0.39, 0.29) is 5.56 Å². The van der Waals surface area contributed by atoms with Gasteiger partial charge in [-0.05, 0) is 0 Å². The van der Waals surface area contributed by atoms with Crippen LogP contribution in [0.5, 0.6) is 0 Å². The van der Waals surface area contributed by atoms with Gasteiger partial charge in [0.25, 0.3) is 0 Å². The molecule has 22 heavy (non-hydrogen) atoms. The van der Waals surface area contributed by atoms with Crippen LogP contribution in [0.3, 0.4) is 0 Å². The van der Waals surface area contributed by atoms with Crippen LogP contribution < -0.4 is 0 Å². The van der Waals surface area contributed by atoms with Crippen LogP contribution in [0.2, 0.25) is 0 Å². The minimum atomic E-state index is -4.46. The molecule has 0 saturated carbocycles. The SMILES string of the molecule is O=C1OI(/C=C/c2ccccc2)c2ccc(C(F)(F)F)cc21. The summed E-state index contributed by atoms with van der Waals surface area (Å²) in [4.78, 5) is 11.8. The third-order valence-electron chi connectivity index (χ3n) is 3.04. The van der Waals surface area contributed by atoms with Crippen molar-refractivity contribution in [2.75, 3.05) is 0 Å². The van der Waals surface area contributed by atoms with Gasteiger partial charge >= 0.3 is 132 Å². The Morgan fingerprint density at radius 1 is 1.05 bits per heavy atom. The number of hydrogen-bond acceptors (Lipinski definition) is 2. The average Bonchev–Trinajstić information content (AvgIpc) is 2.81. The molecular formula is C16H10F3IO2. The van der Waals surface area contributed by atoms with E-state index in [1.807, 2.05) is 40.5 Å². The second kappa shape index (κ2) is 5.75. The molecule has 0 bridgehead atoms. The molecule has 0 N–H and O–H groups in total. The maximum absolute atomic E-state index is 12.7. The second-order valence-electron chi connectivity index (χ2n) is 4.54. The summed E-state index contributed by atoms with van der Waals surface area (Å²) in [6.45, 7) is 0. The van der Waals surface area contributed by atoms with Gasteiger partial charge in [0.05, 0.1) is 0 Å². The first kappa shape index (κ1) is 15.1. The van der Waals surface area contributed by atoms with Crippen molar-refractivity contribution < 1.29 is 21.0 Å².